The first kappa shape index (κ1) is 46.5. The molecule has 0 radical (unpaired) electrons. The summed E-state index contributed by atoms with van der Waals surface area (Å²) in [5.41, 5.74) is -0.145. The highest BCUT2D eigenvalue weighted by Gasteiger charge is 2.75. The van der Waals surface area contributed by atoms with Gasteiger partial charge < -0.3 is 44.7 Å². The molecule has 0 unspecified atom stereocenters. The van der Waals surface area contributed by atoms with Crippen molar-refractivity contribution in [1.29, 1.82) is 0 Å². The third kappa shape index (κ3) is 11.2. The lowest BCUT2D eigenvalue weighted by Crippen LogP contribution is -2.65. The highest BCUT2D eigenvalue weighted by atomic mass is 16.7. The first-order valence-electron chi connectivity index (χ1n) is 20.6. The summed E-state index contributed by atoms with van der Waals surface area (Å²) in [6.45, 7) is 11.7. The SMILES string of the molecule is C/C=C(/C)C(=O)O[C@H]1C(C)=C2[C@H]([C@@H]1OC(=O)CCCCCCC)[C@@](C)(OC(C)=O)C[C@H](OC(=O)CCCCCCCCCCCN)[C@@]1(O)[C@H]2O[C@H](O)[C@@]1(C)O. The Morgan fingerprint density at radius 1 is 0.836 bits per heavy atom. The highest BCUT2D eigenvalue weighted by molar-refractivity contribution is 5.88. The minimum absolute atomic E-state index is 0.0373. The molecule has 0 bridgehead atoms. The first-order valence-corrected chi connectivity index (χ1v) is 20.6. The Morgan fingerprint density at radius 2 is 1.36 bits per heavy atom. The predicted octanol–water partition coefficient (Wildman–Crippen LogP) is 5.78. The van der Waals surface area contributed by atoms with Crippen molar-refractivity contribution in [1.82, 2.24) is 0 Å². The van der Waals surface area contributed by atoms with Crippen LogP contribution in [0.15, 0.2) is 22.8 Å². The molecule has 0 aromatic carbocycles. The van der Waals surface area contributed by atoms with Crippen LogP contribution in [-0.2, 0) is 42.9 Å². The maximum Gasteiger partial charge on any atom is 0.334 e. The van der Waals surface area contributed by atoms with Crippen molar-refractivity contribution in [3.8, 4) is 0 Å². The Bertz CT molecular complexity index is 1380. The van der Waals surface area contributed by atoms with Gasteiger partial charge in [-0.05, 0) is 71.6 Å². The molecule has 5 N–H and O–H groups in total. The number of carbonyl (C=O) groups excluding carboxylic acids is 4. The molecule has 0 spiro atoms. The molecule has 1 saturated heterocycles. The maximum atomic E-state index is 13.5. The second-order valence-corrected chi connectivity index (χ2v) is 16.2. The molecule has 1 heterocycles. The predicted molar refractivity (Wildman–Crippen MR) is 205 cm³/mol. The minimum atomic E-state index is -2.48. The average Bonchev–Trinajstić information content (AvgIpc) is 3.45. The van der Waals surface area contributed by atoms with Crippen LogP contribution in [0.2, 0.25) is 0 Å². The van der Waals surface area contributed by atoms with Crippen molar-refractivity contribution in [3.63, 3.8) is 0 Å². The normalized spacial score (nSPS) is 31.7. The van der Waals surface area contributed by atoms with Crippen molar-refractivity contribution in [2.24, 2.45) is 11.7 Å². The monoisotopic (exact) mass is 779 g/mol. The largest absolute Gasteiger partial charge is 0.459 e. The smallest absolute Gasteiger partial charge is 0.334 e. The molecule has 0 aromatic rings. The van der Waals surface area contributed by atoms with Crippen LogP contribution in [0, 0.1) is 5.92 Å². The van der Waals surface area contributed by atoms with Crippen LogP contribution < -0.4 is 5.73 Å². The van der Waals surface area contributed by atoms with Crippen LogP contribution in [-0.4, -0.2) is 93.3 Å². The number of rotatable bonds is 22. The number of fused-ring (bicyclic) bond motifs is 3. The van der Waals surface area contributed by atoms with Crippen molar-refractivity contribution >= 4 is 23.9 Å². The zero-order valence-corrected chi connectivity index (χ0v) is 34.4. The van der Waals surface area contributed by atoms with E-state index in [0.717, 1.165) is 77.0 Å². The zero-order valence-electron chi connectivity index (χ0n) is 34.4. The molecule has 1 aliphatic heterocycles. The quantitative estimate of drug-likeness (QED) is 0.0339. The Labute approximate surface area is 327 Å². The number of ether oxygens (including phenoxy) is 5. The Balaban J connectivity index is 1.99. The molecule has 13 heteroatoms. The van der Waals surface area contributed by atoms with Gasteiger partial charge in [0.15, 0.2) is 24.1 Å². The van der Waals surface area contributed by atoms with Gasteiger partial charge in [0.1, 0.15) is 23.4 Å². The molecule has 55 heavy (non-hydrogen) atoms. The van der Waals surface area contributed by atoms with Crippen LogP contribution in [0.4, 0.5) is 0 Å². The van der Waals surface area contributed by atoms with E-state index in [2.05, 4.69) is 6.92 Å². The van der Waals surface area contributed by atoms with E-state index in [0.29, 0.717) is 30.5 Å². The molecule has 9 atom stereocenters. The summed E-state index contributed by atoms with van der Waals surface area (Å²) in [5, 5.41) is 35.6. The average molecular weight is 780 g/mol. The van der Waals surface area contributed by atoms with Gasteiger partial charge >= 0.3 is 23.9 Å². The Morgan fingerprint density at radius 3 is 1.89 bits per heavy atom. The molecule has 13 nitrogen and oxygen atoms in total. The van der Waals surface area contributed by atoms with Gasteiger partial charge in [-0.3, -0.25) is 14.4 Å². The van der Waals surface area contributed by atoms with E-state index in [1.165, 1.54) is 13.8 Å². The van der Waals surface area contributed by atoms with Gasteiger partial charge in [-0.25, -0.2) is 4.79 Å². The number of aliphatic hydroxyl groups excluding tert-OH is 1. The van der Waals surface area contributed by atoms with Gasteiger partial charge in [0, 0.05) is 31.8 Å². The number of allylic oxidation sites excluding steroid dienone is 1. The topological polar surface area (TPSA) is 201 Å². The van der Waals surface area contributed by atoms with E-state index < -0.39 is 77.3 Å². The summed E-state index contributed by atoms with van der Waals surface area (Å²) in [6.07, 6.45) is 7.19. The first-order chi connectivity index (χ1) is 26.0. The molecule has 314 valence electrons. The fourth-order valence-electron chi connectivity index (χ4n) is 8.47. The summed E-state index contributed by atoms with van der Waals surface area (Å²) in [7, 11) is 0. The van der Waals surface area contributed by atoms with Crippen molar-refractivity contribution in [2.45, 2.75) is 205 Å². The Hall–Kier alpha value is -2.84. The second-order valence-electron chi connectivity index (χ2n) is 16.2. The molecule has 2 aliphatic carbocycles. The fourth-order valence-corrected chi connectivity index (χ4v) is 8.47. The summed E-state index contributed by atoms with van der Waals surface area (Å²) in [6, 6.07) is 0. The number of unbranched alkanes of at least 4 members (excludes halogenated alkanes) is 12. The van der Waals surface area contributed by atoms with E-state index in [1.807, 2.05) is 0 Å². The third-order valence-electron chi connectivity index (χ3n) is 11.8. The zero-order chi connectivity index (χ0) is 41.0. The van der Waals surface area contributed by atoms with E-state index in [9.17, 15) is 34.5 Å². The van der Waals surface area contributed by atoms with Gasteiger partial charge in [0.25, 0.3) is 0 Å². The molecule has 0 aromatic heterocycles. The van der Waals surface area contributed by atoms with Crippen LogP contribution in [0.5, 0.6) is 0 Å². The number of esters is 4. The number of aliphatic hydroxyl groups is 3. The Kier molecular flexibility index (Phi) is 17.8. The van der Waals surface area contributed by atoms with Gasteiger partial charge in [0.2, 0.25) is 0 Å². The fraction of sp³-hybridized carbons (Fsp3) is 0.810. The summed E-state index contributed by atoms with van der Waals surface area (Å²) in [4.78, 5) is 53.1. The van der Waals surface area contributed by atoms with E-state index in [4.69, 9.17) is 29.4 Å². The lowest BCUT2D eigenvalue weighted by atomic mass is 9.75. The molecular weight excluding hydrogens is 710 g/mol. The van der Waals surface area contributed by atoms with Crippen LogP contribution in [0.25, 0.3) is 0 Å². The molecular formula is C42H69NO12. The summed E-state index contributed by atoms with van der Waals surface area (Å²) in [5.74, 6) is -3.69. The minimum Gasteiger partial charge on any atom is -0.459 e. The van der Waals surface area contributed by atoms with E-state index in [1.54, 1.807) is 33.8 Å². The number of hydrogen-bond acceptors (Lipinski definition) is 13. The summed E-state index contributed by atoms with van der Waals surface area (Å²) >= 11 is 0. The van der Waals surface area contributed by atoms with Crippen molar-refractivity contribution in [3.05, 3.63) is 22.8 Å². The van der Waals surface area contributed by atoms with Gasteiger partial charge in [-0.1, -0.05) is 83.6 Å². The van der Waals surface area contributed by atoms with Crippen molar-refractivity contribution < 1.29 is 58.2 Å². The molecule has 3 aliphatic rings. The molecule has 3 rings (SSSR count). The van der Waals surface area contributed by atoms with E-state index >= 15 is 0 Å². The number of hydrogen-bond donors (Lipinski definition) is 4. The second kappa shape index (κ2) is 21.1. The molecule has 2 fully saturated rings. The van der Waals surface area contributed by atoms with Crippen LogP contribution >= 0.6 is 0 Å². The third-order valence-corrected chi connectivity index (χ3v) is 11.8. The number of nitrogens with two attached hydrogens (primary N) is 1. The highest BCUT2D eigenvalue weighted by Crippen LogP contribution is 2.58. The van der Waals surface area contributed by atoms with Gasteiger partial charge in [-0.2, -0.15) is 0 Å². The van der Waals surface area contributed by atoms with Gasteiger partial charge in [0.05, 0.1) is 5.92 Å². The maximum absolute atomic E-state index is 13.5. The summed E-state index contributed by atoms with van der Waals surface area (Å²) < 4.78 is 30.2. The lowest BCUT2D eigenvalue weighted by molar-refractivity contribution is -0.228. The van der Waals surface area contributed by atoms with Crippen LogP contribution in [0.3, 0.4) is 0 Å². The standard InChI is InChI=1S/C42H69NO12/c1-8-10-11-17-20-24-32(46)52-36-34-33(28(4)35(36)53-38(47)27(3)9-2)37-42(50,41(7,49)39(48)54-37)30(26-40(34,6)55-29(5)44)51-31(45)23-21-18-15-13-12-14-16-19-22-25-43/h9,30,34-37,39,48-50H,8,10-26,43H2,1-7H3/b27-9-/t30-,34+,35-,36-,37-,39-,40-,41+,42+/m0/s1. The van der Waals surface area contributed by atoms with Gasteiger partial charge in [-0.15, -0.1) is 0 Å². The van der Waals surface area contributed by atoms with Crippen molar-refractivity contribution in [2.75, 3.05) is 6.54 Å². The number of carbonyl (C=O) groups is 4. The molecule has 0 amide bonds. The molecule has 1 saturated carbocycles. The lowest BCUT2D eigenvalue weighted by Gasteiger charge is -2.43. The van der Waals surface area contributed by atoms with Crippen LogP contribution in [0.1, 0.15) is 158 Å². The van der Waals surface area contributed by atoms with E-state index in [-0.39, 0.29) is 24.8 Å².